The van der Waals surface area contributed by atoms with Gasteiger partial charge in [-0.2, -0.15) is 9.78 Å². The predicted molar refractivity (Wildman–Crippen MR) is 118 cm³/mol. The minimum absolute atomic E-state index is 0.0209. The van der Waals surface area contributed by atoms with Gasteiger partial charge >= 0.3 is 5.97 Å². The van der Waals surface area contributed by atoms with E-state index in [-0.39, 0.29) is 17.0 Å². The average Bonchev–Trinajstić information content (AvgIpc) is 2.78. The number of ketones is 1. The molecule has 0 aliphatic rings. The van der Waals surface area contributed by atoms with Gasteiger partial charge in [0.05, 0.1) is 11.1 Å². The second kappa shape index (κ2) is 8.36. The van der Waals surface area contributed by atoms with E-state index < -0.39 is 12.6 Å². The summed E-state index contributed by atoms with van der Waals surface area (Å²) in [5, 5.41) is 4.99. The van der Waals surface area contributed by atoms with Crippen LogP contribution in [0, 0.1) is 13.8 Å². The Morgan fingerprint density at radius 3 is 2.29 bits per heavy atom. The molecule has 0 aliphatic heterocycles. The molecule has 31 heavy (non-hydrogen) atoms. The molecule has 0 saturated carbocycles. The minimum atomic E-state index is -0.765. The maximum absolute atomic E-state index is 12.9. The Kier molecular flexibility index (Phi) is 5.45. The van der Waals surface area contributed by atoms with Gasteiger partial charge in [-0.15, -0.1) is 0 Å². The summed E-state index contributed by atoms with van der Waals surface area (Å²) in [7, 11) is 0. The topological polar surface area (TPSA) is 78.3 Å². The summed E-state index contributed by atoms with van der Waals surface area (Å²) in [6.07, 6.45) is 0. The van der Waals surface area contributed by atoms with Crippen LogP contribution in [-0.4, -0.2) is 28.1 Å². The second-order valence-electron chi connectivity index (χ2n) is 7.26. The van der Waals surface area contributed by atoms with Gasteiger partial charge in [-0.05, 0) is 37.6 Å². The molecule has 0 unspecified atom stereocenters. The normalized spacial score (nSPS) is 10.8. The van der Waals surface area contributed by atoms with Gasteiger partial charge in [0.25, 0.3) is 5.56 Å². The number of rotatable bonds is 5. The van der Waals surface area contributed by atoms with Gasteiger partial charge in [-0.3, -0.25) is 9.59 Å². The van der Waals surface area contributed by atoms with Gasteiger partial charge in [0.2, 0.25) is 5.78 Å². The largest absolute Gasteiger partial charge is 0.452 e. The van der Waals surface area contributed by atoms with Crippen LogP contribution in [0.3, 0.4) is 0 Å². The molecule has 154 valence electrons. The molecule has 0 bridgehead atoms. The van der Waals surface area contributed by atoms with Gasteiger partial charge in [-0.1, -0.05) is 60.2 Å². The molecule has 1 aromatic heterocycles. The number of aryl methyl sites for hydroxylation is 2. The molecule has 0 radical (unpaired) electrons. The molecular weight excluding hydrogens is 392 g/mol. The molecule has 3 aromatic carbocycles. The summed E-state index contributed by atoms with van der Waals surface area (Å²) in [6, 6.07) is 21.0. The van der Waals surface area contributed by atoms with Crippen LogP contribution in [0.2, 0.25) is 0 Å². The van der Waals surface area contributed by atoms with Crippen molar-refractivity contribution in [2.75, 3.05) is 6.61 Å². The number of para-hydroxylation sites is 1. The minimum Gasteiger partial charge on any atom is -0.452 e. The van der Waals surface area contributed by atoms with E-state index in [1.807, 2.05) is 32.0 Å². The fourth-order valence-corrected chi connectivity index (χ4v) is 3.49. The van der Waals surface area contributed by atoms with Gasteiger partial charge in [0.15, 0.2) is 12.3 Å². The maximum atomic E-state index is 12.9. The lowest BCUT2D eigenvalue weighted by Gasteiger charge is -2.11. The standard InChI is InChI=1S/C25H20N2O4/c1-16-12-13-19(17(2)14-16)22(28)15-31-25(30)23-20-10-6-7-11-21(20)24(29)27(26-23)18-8-4-3-5-9-18/h3-14H,15H2,1-2H3. The lowest BCUT2D eigenvalue weighted by Crippen LogP contribution is -2.26. The third-order valence-electron chi connectivity index (χ3n) is 5.02. The molecule has 0 spiro atoms. The molecule has 0 atom stereocenters. The van der Waals surface area contributed by atoms with Crippen molar-refractivity contribution in [2.24, 2.45) is 0 Å². The van der Waals surface area contributed by atoms with Gasteiger partial charge in [0, 0.05) is 10.9 Å². The van der Waals surface area contributed by atoms with Crippen LogP contribution in [-0.2, 0) is 4.74 Å². The van der Waals surface area contributed by atoms with Crippen molar-refractivity contribution in [2.45, 2.75) is 13.8 Å². The molecule has 0 N–H and O–H groups in total. The van der Waals surface area contributed by atoms with Crippen molar-refractivity contribution >= 4 is 22.5 Å². The number of carbonyl (C=O) groups excluding carboxylic acids is 2. The number of esters is 1. The smallest absolute Gasteiger partial charge is 0.359 e. The van der Waals surface area contributed by atoms with Crippen molar-refractivity contribution in [3.8, 4) is 5.69 Å². The molecule has 6 heteroatoms. The van der Waals surface area contributed by atoms with Crippen molar-refractivity contribution in [1.29, 1.82) is 0 Å². The molecule has 4 aromatic rings. The summed E-state index contributed by atoms with van der Waals surface area (Å²) in [5.41, 5.74) is 2.54. The van der Waals surface area contributed by atoms with E-state index in [1.54, 1.807) is 54.6 Å². The quantitative estimate of drug-likeness (QED) is 0.365. The van der Waals surface area contributed by atoms with Gasteiger partial charge in [-0.25, -0.2) is 4.79 Å². The highest BCUT2D eigenvalue weighted by Gasteiger charge is 2.20. The Balaban J connectivity index is 1.68. The summed E-state index contributed by atoms with van der Waals surface area (Å²) >= 11 is 0. The highest BCUT2D eigenvalue weighted by atomic mass is 16.5. The summed E-state index contributed by atoms with van der Waals surface area (Å²) in [4.78, 5) is 38.4. The van der Waals surface area contributed by atoms with E-state index in [0.29, 0.717) is 22.0 Å². The van der Waals surface area contributed by atoms with Crippen LogP contribution in [0.25, 0.3) is 16.5 Å². The van der Waals surface area contributed by atoms with Crippen LogP contribution >= 0.6 is 0 Å². The molecule has 0 amide bonds. The Labute approximate surface area is 178 Å². The van der Waals surface area contributed by atoms with Crippen molar-refractivity contribution < 1.29 is 14.3 Å². The van der Waals surface area contributed by atoms with E-state index in [0.717, 1.165) is 11.1 Å². The third kappa shape index (κ3) is 4.00. The number of hydrogen-bond donors (Lipinski definition) is 0. The first-order valence-corrected chi connectivity index (χ1v) is 9.81. The fourth-order valence-electron chi connectivity index (χ4n) is 3.49. The van der Waals surface area contributed by atoms with Crippen LogP contribution in [0.5, 0.6) is 0 Å². The van der Waals surface area contributed by atoms with Crippen LogP contribution in [0.15, 0.2) is 77.6 Å². The molecular formula is C25H20N2O4. The summed E-state index contributed by atoms with van der Waals surface area (Å²) in [5.74, 6) is -1.06. The van der Waals surface area contributed by atoms with Gasteiger partial charge < -0.3 is 4.74 Å². The Bertz CT molecular complexity index is 1360. The first-order valence-electron chi connectivity index (χ1n) is 9.81. The Morgan fingerprint density at radius 1 is 0.903 bits per heavy atom. The van der Waals surface area contributed by atoms with E-state index in [9.17, 15) is 14.4 Å². The molecule has 4 rings (SSSR count). The fraction of sp³-hybridized carbons (Fsp3) is 0.120. The average molecular weight is 412 g/mol. The zero-order valence-corrected chi connectivity index (χ0v) is 17.2. The van der Waals surface area contributed by atoms with Crippen molar-refractivity contribution in [3.05, 3.63) is 106 Å². The number of carbonyl (C=O) groups is 2. The number of Topliss-reactive ketones (excluding diaryl/α,β-unsaturated/α-hetero) is 1. The zero-order valence-electron chi connectivity index (χ0n) is 17.2. The van der Waals surface area contributed by atoms with Crippen LogP contribution < -0.4 is 5.56 Å². The van der Waals surface area contributed by atoms with Gasteiger partial charge in [0.1, 0.15) is 0 Å². The van der Waals surface area contributed by atoms with Crippen LogP contribution in [0.4, 0.5) is 0 Å². The lowest BCUT2D eigenvalue weighted by molar-refractivity contribution is 0.0469. The van der Waals surface area contributed by atoms with E-state index >= 15 is 0 Å². The van der Waals surface area contributed by atoms with Crippen molar-refractivity contribution in [1.82, 2.24) is 9.78 Å². The highest BCUT2D eigenvalue weighted by Crippen LogP contribution is 2.17. The van der Waals surface area contributed by atoms with E-state index in [1.165, 1.54) is 4.68 Å². The Morgan fingerprint density at radius 2 is 1.58 bits per heavy atom. The maximum Gasteiger partial charge on any atom is 0.359 e. The third-order valence-corrected chi connectivity index (χ3v) is 5.02. The van der Waals surface area contributed by atoms with E-state index in [4.69, 9.17) is 4.74 Å². The molecule has 6 nitrogen and oxygen atoms in total. The molecule has 0 aliphatic carbocycles. The summed E-state index contributed by atoms with van der Waals surface area (Å²) in [6.45, 7) is 3.37. The van der Waals surface area contributed by atoms with E-state index in [2.05, 4.69) is 5.10 Å². The molecule has 1 heterocycles. The number of fused-ring (bicyclic) bond motifs is 1. The number of hydrogen-bond acceptors (Lipinski definition) is 5. The number of aromatic nitrogens is 2. The number of ether oxygens (including phenoxy) is 1. The molecule has 0 fully saturated rings. The first-order chi connectivity index (χ1) is 15.0. The number of benzene rings is 3. The zero-order chi connectivity index (χ0) is 22.0. The van der Waals surface area contributed by atoms with Crippen molar-refractivity contribution in [3.63, 3.8) is 0 Å². The van der Waals surface area contributed by atoms with Crippen LogP contribution in [0.1, 0.15) is 32.0 Å². The number of nitrogens with zero attached hydrogens (tertiary/aromatic N) is 2. The highest BCUT2D eigenvalue weighted by molar-refractivity contribution is 6.04. The summed E-state index contributed by atoms with van der Waals surface area (Å²) < 4.78 is 6.47. The monoisotopic (exact) mass is 412 g/mol. The SMILES string of the molecule is Cc1ccc(C(=O)COC(=O)c2nn(-c3ccccc3)c(=O)c3ccccc23)c(C)c1. The lowest BCUT2D eigenvalue weighted by atomic mass is 10.0. The first kappa shape index (κ1) is 20.2. The Hall–Kier alpha value is -4.06. The molecule has 0 saturated heterocycles. The second-order valence-corrected chi connectivity index (χ2v) is 7.26. The predicted octanol–water partition coefficient (Wildman–Crippen LogP) is 4.04.